The summed E-state index contributed by atoms with van der Waals surface area (Å²) in [5.74, 6) is 0.739. The van der Waals surface area contributed by atoms with Crippen molar-refractivity contribution in [2.45, 2.75) is 6.54 Å². The number of aromatic nitrogens is 1. The Hall–Kier alpha value is -2.51. The number of benzene rings is 1. The Kier molecular flexibility index (Phi) is 4.10. The van der Waals surface area contributed by atoms with Gasteiger partial charge in [0.25, 0.3) is 11.1 Å². The molecule has 0 bridgehead atoms. The van der Waals surface area contributed by atoms with E-state index in [4.69, 9.17) is 21.1 Å². The number of ether oxygens (including phenoxy) is 2. The van der Waals surface area contributed by atoms with Gasteiger partial charge in [0.2, 0.25) is 6.79 Å². The van der Waals surface area contributed by atoms with E-state index in [0.717, 1.165) is 16.7 Å². The molecule has 2 aromatic rings. The lowest BCUT2D eigenvalue weighted by atomic mass is 10.2. The second-order valence-electron chi connectivity index (χ2n) is 5.32. The van der Waals surface area contributed by atoms with Crippen LogP contribution in [0.3, 0.4) is 0 Å². The van der Waals surface area contributed by atoms with Gasteiger partial charge in [0, 0.05) is 17.3 Å². The van der Waals surface area contributed by atoms with Crippen molar-refractivity contribution < 1.29 is 19.1 Å². The van der Waals surface area contributed by atoms with Crippen molar-refractivity contribution in [1.82, 2.24) is 9.88 Å². The lowest BCUT2D eigenvalue weighted by Gasteiger charge is -2.14. The van der Waals surface area contributed by atoms with Gasteiger partial charge in [-0.2, -0.15) is 0 Å². The second kappa shape index (κ2) is 6.42. The van der Waals surface area contributed by atoms with Gasteiger partial charge in [-0.05, 0) is 41.6 Å². The zero-order chi connectivity index (χ0) is 17.4. The van der Waals surface area contributed by atoms with Crippen molar-refractivity contribution in [3.63, 3.8) is 0 Å². The minimum Gasteiger partial charge on any atom is -0.454 e. The molecule has 4 rings (SSSR count). The quantitative estimate of drug-likeness (QED) is 0.763. The zero-order valence-electron chi connectivity index (χ0n) is 12.8. The maximum atomic E-state index is 12.6. The number of hydrogen-bond donors (Lipinski definition) is 0. The van der Waals surface area contributed by atoms with E-state index in [1.807, 2.05) is 6.07 Å². The molecule has 0 saturated carbocycles. The van der Waals surface area contributed by atoms with Gasteiger partial charge in [0.15, 0.2) is 11.5 Å². The number of carbonyl (C=O) groups excluding carboxylic acids is 2. The first-order valence-corrected chi connectivity index (χ1v) is 8.56. The summed E-state index contributed by atoms with van der Waals surface area (Å²) in [5.41, 5.74) is 1.24. The highest BCUT2D eigenvalue weighted by Crippen LogP contribution is 2.39. The highest BCUT2D eigenvalue weighted by molar-refractivity contribution is 8.18. The lowest BCUT2D eigenvalue weighted by molar-refractivity contribution is -0.123. The summed E-state index contributed by atoms with van der Waals surface area (Å²) in [6.45, 7) is 0.198. The van der Waals surface area contributed by atoms with Gasteiger partial charge in [0.05, 0.1) is 17.1 Å². The van der Waals surface area contributed by atoms with Crippen molar-refractivity contribution in [2.75, 3.05) is 6.79 Å². The summed E-state index contributed by atoms with van der Waals surface area (Å²) in [6, 6.07) is 8.68. The molecule has 2 aliphatic rings. The number of imide groups is 1. The van der Waals surface area contributed by atoms with Gasteiger partial charge in [0.1, 0.15) is 0 Å². The minimum atomic E-state index is -0.366. The van der Waals surface area contributed by atoms with Crippen LogP contribution in [0, 0.1) is 0 Å². The number of pyridine rings is 1. The highest BCUT2D eigenvalue weighted by atomic mass is 35.5. The molecule has 2 amide bonds. The number of nitrogens with zero attached hydrogens (tertiary/aromatic N) is 2. The summed E-state index contributed by atoms with van der Waals surface area (Å²) < 4.78 is 10.6. The summed E-state index contributed by atoms with van der Waals surface area (Å²) in [4.78, 5) is 30.4. The van der Waals surface area contributed by atoms with E-state index in [-0.39, 0.29) is 24.5 Å². The van der Waals surface area contributed by atoms with Crippen LogP contribution in [0.25, 0.3) is 6.08 Å². The smallest absolute Gasteiger partial charge is 0.293 e. The number of amides is 2. The van der Waals surface area contributed by atoms with Crippen molar-refractivity contribution in [2.24, 2.45) is 0 Å². The number of thioether (sulfide) groups is 1. The maximum Gasteiger partial charge on any atom is 0.293 e. The molecule has 3 heterocycles. The normalized spacial score (nSPS) is 17.6. The monoisotopic (exact) mass is 374 g/mol. The Bertz CT molecular complexity index is 901. The van der Waals surface area contributed by atoms with E-state index in [1.54, 1.807) is 36.5 Å². The van der Waals surface area contributed by atoms with Crippen molar-refractivity contribution in [3.8, 4) is 11.5 Å². The van der Waals surface area contributed by atoms with Crippen LogP contribution in [-0.2, 0) is 11.3 Å². The molecule has 0 N–H and O–H groups in total. The van der Waals surface area contributed by atoms with Gasteiger partial charge in [-0.3, -0.25) is 19.5 Å². The Morgan fingerprint density at radius 1 is 1.24 bits per heavy atom. The average molecular weight is 375 g/mol. The number of halogens is 1. The molecule has 0 radical (unpaired) electrons. The SMILES string of the molecule is O=C1S/C(=C/c2ccccn2)C(=O)N1Cc1cc2c(cc1Cl)OCO2. The third kappa shape index (κ3) is 3.08. The van der Waals surface area contributed by atoms with E-state index in [2.05, 4.69) is 4.98 Å². The molecule has 126 valence electrons. The Morgan fingerprint density at radius 2 is 2.04 bits per heavy atom. The topological polar surface area (TPSA) is 68.7 Å². The molecule has 0 spiro atoms. The molecule has 0 atom stereocenters. The van der Waals surface area contributed by atoms with Crippen LogP contribution in [0.4, 0.5) is 4.79 Å². The number of carbonyl (C=O) groups is 2. The van der Waals surface area contributed by atoms with Crippen LogP contribution in [-0.4, -0.2) is 27.8 Å². The summed E-state index contributed by atoms with van der Waals surface area (Å²) in [6.07, 6.45) is 3.23. The highest BCUT2D eigenvalue weighted by Gasteiger charge is 2.35. The molecule has 2 aliphatic heterocycles. The minimum absolute atomic E-state index is 0.0691. The zero-order valence-corrected chi connectivity index (χ0v) is 14.3. The maximum absolute atomic E-state index is 12.6. The third-order valence-electron chi connectivity index (χ3n) is 3.71. The Balaban J connectivity index is 1.59. The van der Waals surface area contributed by atoms with Gasteiger partial charge >= 0.3 is 0 Å². The molecule has 1 saturated heterocycles. The summed E-state index contributed by atoms with van der Waals surface area (Å²) >= 11 is 7.12. The predicted octanol–water partition coefficient (Wildman–Crippen LogP) is 3.70. The van der Waals surface area contributed by atoms with E-state index < -0.39 is 0 Å². The standard InChI is InChI=1S/C17H11ClN2O4S/c18-12-7-14-13(23-9-24-14)5-10(12)8-20-16(21)15(25-17(20)22)6-11-3-1-2-4-19-11/h1-7H,8-9H2/b15-6+. The van der Waals surface area contributed by atoms with Gasteiger partial charge in [-0.25, -0.2) is 0 Å². The fraction of sp³-hybridized carbons (Fsp3) is 0.118. The van der Waals surface area contributed by atoms with Crippen LogP contribution in [0.2, 0.25) is 5.02 Å². The van der Waals surface area contributed by atoms with Gasteiger partial charge in [-0.15, -0.1) is 0 Å². The van der Waals surface area contributed by atoms with Crippen LogP contribution < -0.4 is 9.47 Å². The first-order valence-electron chi connectivity index (χ1n) is 7.36. The lowest BCUT2D eigenvalue weighted by Crippen LogP contribution is -2.27. The molecule has 1 fully saturated rings. The van der Waals surface area contributed by atoms with E-state index in [0.29, 0.717) is 32.7 Å². The average Bonchev–Trinajstić information content (AvgIpc) is 3.15. The molecule has 1 aromatic heterocycles. The fourth-order valence-electron chi connectivity index (χ4n) is 2.48. The van der Waals surface area contributed by atoms with Crippen LogP contribution in [0.5, 0.6) is 11.5 Å². The van der Waals surface area contributed by atoms with Gasteiger partial charge in [-0.1, -0.05) is 17.7 Å². The molecule has 6 nitrogen and oxygen atoms in total. The second-order valence-corrected chi connectivity index (χ2v) is 6.72. The summed E-state index contributed by atoms with van der Waals surface area (Å²) in [5, 5.41) is 0.0675. The Labute approximate surface area is 152 Å². The van der Waals surface area contributed by atoms with Crippen LogP contribution >= 0.6 is 23.4 Å². The fourth-order valence-corrected chi connectivity index (χ4v) is 3.52. The van der Waals surface area contributed by atoms with Crippen molar-refractivity contribution in [1.29, 1.82) is 0 Å². The predicted molar refractivity (Wildman–Crippen MR) is 93.3 cm³/mol. The van der Waals surface area contributed by atoms with Gasteiger partial charge < -0.3 is 9.47 Å². The van der Waals surface area contributed by atoms with Crippen LogP contribution in [0.1, 0.15) is 11.3 Å². The molecular formula is C17H11ClN2O4S. The largest absolute Gasteiger partial charge is 0.454 e. The van der Waals surface area contributed by atoms with E-state index in [9.17, 15) is 9.59 Å². The van der Waals surface area contributed by atoms with E-state index >= 15 is 0 Å². The molecule has 1 aromatic carbocycles. The molecule has 8 heteroatoms. The molecule has 0 unspecified atom stereocenters. The van der Waals surface area contributed by atoms with Crippen LogP contribution in [0.15, 0.2) is 41.4 Å². The first kappa shape index (κ1) is 16.0. The molecular weight excluding hydrogens is 364 g/mol. The first-order chi connectivity index (χ1) is 12.1. The molecule has 0 aliphatic carbocycles. The summed E-state index contributed by atoms with van der Waals surface area (Å²) in [7, 11) is 0. The number of rotatable bonds is 3. The van der Waals surface area contributed by atoms with Crippen molar-refractivity contribution >= 4 is 40.6 Å². The number of hydrogen-bond acceptors (Lipinski definition) is 6. The number of fused-ring (bicyclic) bond motifs is 1. The van der Waals surface area contributed by atoms with Crippen molar-refractivity contribution in [3.05, 3.63) is 57.7 Å². The third-order valence-corrected chi connectivity index (χ3v) is 4.97. The van der Waals surface area contributed by atoms with E-state index in [1.165, 1.54) is 0 Å². The molecule has 25 heavy (non-hydrogen) atoms. The Morgan fingerprint density at radius 3 is 2.80 bits per heavy atom.